The summed E-state index contributed by atoms with van der Waals surface area (Å²) >= 11 is 0.991. The number of thioether (sulfide) groups is 1. The van der Waals surface area contributed by atoms with Crippen LogP contribution in [0.4, 0.5) is 16.2 Å². The van der Waals surface area contributed by atoms with Gasteiger partial charge < -0.3 is 4.90 Å². The van der Waals surface area contributed by atoms with Gasteiger partial charge in [0.1, 0.15) is 0 Å². The van der Waals surface area contributed by atoms with Crippen molar-refractivity contribution in [1.29, 1.82) is 0 Å². The predicted molar refractivity (Wildman–Crippen MR) is 145 cm³/mol. The van der Waals surface area contributed by atoms with Crippen LogP contribution in [0.2, 0.25) is 0 Å². The second-order valence-corrected chi connectivity index (χ2v) is 9.71. The number of likely N-dealkylation sites (N-methyl/N-ethyl adjacent to an activating group) is 1. The molecule has 0 unspecified atom stereocenters. The summed E-state index contributed by atoms with van der Waals surface area (Å²) in [6.07, 6.45) is 5.98. The molecular weight excluding hydrogens is 440 g/mol. The Morgan fingerprint density at radius 1 is 1.03 bits per heavy atom. The molecule has 1 heterocycles. The van der Waals surface area contributed by atoms with Crippen molar-refractivity contribution in [2.24, 2.45) is 0 Å². The van der Waals surface area contributed by atoms with E-state index in [1.165, 1.54) is 21.6 Å². The molecular formula is C29H32N2O2S. The molecule has 0 spiro atoms. The molecule has 3 rings (SSSR count). The maximum atomic E-state index is 12.5. The summed E-state index contributed by atoms with van der Waals surface area (Å²) in [4.78, 5) is 28.4. The molecule has 0 aliphatic carbocycles. The second kappa shape index (κ2) is 10.7. The first kappa shape index (κ1) is 25.3. The Hall–Kier alpha value is -3.31. The minimum Gasteiger partial charge on any atom is -0.310 e. The topological polar surface area (TPSA) is 40.6 Å². The number of hydrogen-bond donors (Lipinski definition) is 0. The van der Waals surface area contributed by atoms with Crippen LogP contribution in [0.1, 0.15) is 44.4 Å². The molecule has 0 saturated carbocycles. The molecule has 0 N–H and O–H groups in total. The minimum atomic E-state index is -0.229. The first-order valence-corrected chi connectivity index (χ1v) is 12.2. The van der Waals surface area contributed by atoms with Gasteiger partial charge in [-0.15, -0.1) is 0 Å². The Kier molecular flexibility index (Phi) is 8.00. The fraction of sp³-hybridized carbons (Fsp3) is 0.241. The number of imide groups is 1. The first-order chi connectivity index (χ1) is 16.1. The highest BCUT2D eigenvalue weighted by Gasteiger charge is 2.33. The number of rotatable bonds is 7. The third-order valence-electron chi connectivity index (χ3n) is 5.48. The molecule has 1 saturated heterocycles. The fourth-order valence-electron chi connectivity index (χ4n) is 3.76. The molecule has 34 heavy (non-hydrogen) atoms. The van der Waals surface area contributed by atoms with Gasteiger partial charge in [0, 0.05) is 23.6 Å². The van der Waals surface area contributed by atoms with E-state index in [2.05, 4.69) is 69.5 Å². The standard InChI is InChI=1S/C29H32N2O2S/c1-8-30-28(32)27(34-29(30)33)18-23-11-13-24(14-12-23)31(25(20(4)5)15-9-19(2)3)26-16-10-21(6)17-22(26)7/h9-18H,4,8H2,1-3,5-7H3/b25-15+,27-18+. The van der Waals surface area contributed by atoms with Gasteiger partial charge in [0.05, 0.1) is 4.91 Å². The number of carbonyl (C=O) groups excluding carboxylic acids is 2. The molecule has 0 radical (unpaired) electrons. The van der Waals surface area contributed by atoms with Crippen LogP contribution >= 0.6 is 11.8 Å². The van der Waals surface area contributed by atoms with E-state index in [0.717, 1.165) is 40.0 Å². The van der Waals surface area contributed by atoms with Crippen LogP contribution in [-0.4, -0.2) is 22.6 Å². The van der Waals surface area contributed by atoms with Crippen molar-refractivity contribution in [1.82, 2.24) is 4.90 Å². The van der Waals surface area contributed by atoms with E-state index in [1.54, 1.807) is 13.0 Å². The summed E-state index contributed by atoms with van der Waals surface area (Å²) in [5.74, 6) is -0.229. The molecule has 176 valence electrons. The average Bonchev–Trinajstić information content (AvgIpc) is 3.04. The number of anilines is 2. The maximum Gasteiger partial charge on any atom is 0.293 e. The molecule has 2 amide bonds. The Morgan fingerprint density at radius 3 is 2.24 bits per heavy atom. The van der Waals surface area contributed by atoms with Crippen molar-refractivity contribution >= 4 is 40.4 Å². The first-order valence-electron chi connectivity index (χ1n) is 11.4. The number of benzene rings is 2. The van der Waals surface area contributed by atoms with Crippen LogP contribution in [0, 0.1) is 13.8 Å². The van der Waals surface area contributed by atoms with Gasteiger partial charge in [-0.3, -0.25) is 14.5 Å². The van der Waals surface area contributed by atoms with E-state index in [4.69, 9.17) is 0 Å². The number of hydrogen-bond acceptors (Lipinski definition) is 4. The zero-order valence-corrected chi connectivity index (χ0v) is 21.6. The highest BCUT2D eigenvalue weighted by molar-refractivity contribution is 8.18. The zero-order chi connectivity index (χ0) is 25.0. The highest BCUT2D eigenvalue weighted by atomic mass is 32.2. The summed E-state index contributed by atoms with van der Waals surface area (Å²) in [6.45, 7) is 16.8. The third-order valence-corrected chi connectivity index (χ3v) is 6.39. The van der Waals surface area contributed by atoms with Crippen LogP contribution < -0.4 is 4.90 Å². The monoisotopic (exact) mass is 472 g/mol. The van der Waals surface area contributed by atoms with E-state index in [-0.39, 0.29) is 11.1 Å². The Labute approximate surface area is 207 Å². The normalized spacial score (nSPS) is 15.2. The number of amides is 2. The van der Waals surface area contributed by atoms with Crippen LogP contribution in [-0.2, 0) is 4.79 Å². The number of aryl methyl sites for hydroxylation is 2. The summed E-state index contributed by atoms with van der Waals surface area (Å²) in [7, 11) is 0. The maximum absolute atomic E-state index is 12.5. The molecule has 0 atom stereocenters. The van der Waals surface area contributed by atoms with Gasteiger partial charge in [0.25, 0.3) is 11.1 Å². The molecule has 4 nitrogen and oxygen atoms in total. The Bertz CT molecular complexity index is 1220. The van der Waals surface area contributed by atoms with Crippen molar-refractivity contribution in [3.05, 3.63) is 99.6 Å². The lowest BCUT2D eigenvalue weighted by Crippen LogP contribution is -2.27. The summed E-state index contributed by atoms with van der Waals surface area (Å²) in [5.41, 5.74) is 8.48. The molecule has 5 heteroatoms. The van der Waals surface area contributed by atoms with Crippen molar-refractivity contribution in [3.8, 4) is 0 Å². The van der Waals surface area contributed by atoms with Crippen LogP contribution in [0.5, 0.6) is 0 Å². The van der Waals surface area contributed by atoms with Gasteiger partial charge in [0.2, 0.25) is 0 Å². The predicted octanol–water partition coefficient (Wildman–Crippen LogP) is 7.92. The average molecular weight is 473 g/mol. The number of allylic oxidation sites excluding steroid dienone is 4. The van der Waals surface area contributed by atoms with E-state index in [0.29, 0.717) is 11.4 Å². The molecule has 1 aliphatic rings. The summed E-state index contributed by atoms with van der Waals surface area (Å²) in [6, 6.07) is 14.5. The van der Waals surface area contributed by atoms with Crippen molar-refractivity contribution < 1.29 is 9.59 Å². The third kappa shape index (κ3) is 5.60. The minimum absolute atomic E-state index is 0.216. The van der Waals surface area contributed by atoms with Crippen molar-refractivity contribution in [2.75, 3.05) is 11.4 Å². The SMILES string of the molecule is C=C(C)/C(=C\C=C(C)C)N(c1ccc(/C=C2/SC(=O)N(CC)C2=O)cc1)c1ccc(C)cc1C. The van der Waals surface area contributed by atoms with Crippen molar-refractivity contribution in [2.45, 2.75) is 41.5 Å². The van der Waals surface area contributed by atoms with Gasteiger partial charge >= 0.3 is 0 Å². The zero-order valence-electron chi connectivity index (χ0n) is 20.8. The number of nitrogens with zero attached hydrogens (tertiary/aromatic N) is 2. The fourth-order valence-corrected chi connectivity index (χ4v) is 4.66. The van der Waals surface area contributed by atoms with E-state index < -0.39 is 0 Å². The van der Waals surface area contributed by atoms with Gasteiger partial charge in [-0.25, -0.2) is 0 Å². The lowest BCUT2D eigenvalue weighted by molar-refractivity contribution is -0.122. The molecule has 0 bridgehead atoms. The van der Waals surface area contributed by atoms with E-state index in [1.807, 2.05) is 31.2 Å². The summed E-state index contributed by atoms with van der Waals surface area (Å²) in [5, 5.41) is -0.216. The summed E-state index contributed by atoms with van der Waals surface area (Å²) < 4.78 is 0. The van der Waals surface area contributed by atoms with Crippen molar-refractivity contribution in [3.63, 3.8) is 0 Å². The largest absolute Gasteiger partial charge is 0.310 e. The highest BCUT2D eigenvalue weighted by Crippen LogP contribution is 2.36. The van der Waals surface area contributed by atoms with E-state index in [9.17, 15) is 9.59 Å². The van der Waals surface area contributed by atoms with Gasteiger partial charge in [0.15, 0.2) is 0 Å². The lowest BCUT2D eigenvalue weighted by Gasteiger charge is -2.30. The van der Waals surface area contributed by atoms with Crippen LogP contribution in [0.3, 0.4) is 0 Å². The van der Waals surface area contributed by atoms with Crippen LogP contribution in [0.25, 0.3) is 6.08 Å². The second-order valence-electron chi connectivity index (χ2n) is 8.72. The van der Waals surface area contributed by atoms with Gasteiger partial charge in [-0.2, -0.15) is 0 Å². The number of carbonyl (C=O) groups is 2. The van der Waals surface area contributed by atoms with Gasteiger partial charge in [-0.1, -0.05) is 48.1 Å². The lowest BCUT2D eigenvalue weighted by atomic mass is 10.0. The quantitative estimate of drug-likeness (QED) is 0.303. The van der Waals surface area contributed by atoms with Gasteiger partial charge in [-0.05, 0) is 100 Å². The molecule has 1 aliphatic heterocycles. The van der Waals surface area contributed by atoms with E-state index >= 15 is 0 Å². The molecule has 2 aromatic carbocycles. The smallest absolute Gasteiger partial charge is 0.293 e. The van der Waals surface area contributed by atoms with Crippen LogP contribution in [0.15, 0.2) is 82.9 Å². The molecule has 0 aromatic heterocycles. The Morgan fingerprint density at radius 2 is 1.71 bits per heavy atom. The molecule has 2 aromatic rings. The Balaban J connectivity index is 2.07. The molecule has 1 fully saturated rings.